The highest BCUT2D eigenvalue weighted by molar-refractivity contribution is 5.94. The zero-order valence-corrected chi connectivity index (χ0v) is 14.6. The van der Waals surface area contributed by atoms with Crippen molar-refractivity contribution in [2.45, 2.75) is 32.2 Å². The molecular weight excluding hydrogens is 300 g/mol. The number of nitrogens with zero attached hydrogens (tertiary/aromatic N) is 2. The summed E-state index contributed by atoms with van der Waals surface area (Å²) in [5.41, 5.74) is 7.44. The minimum absolute atomic E-state index is 0.145. The van der Waals surface area contributed by atoms with Crippen molar-refractivity contribution in [3.8, 4) is 0 Å². The van der Waals surface area contributed by atoms with E-state index in [1.807, 2.05) is 62.2 Å². The molecule has 1 aromatic heterocycles. The van der Waals surface area contributed by atoms with Crippen LogP contribution in [-0.2, 0) is 0 Å². The van der Waals surface area contributed by atoms with E-state index in [1.165, 1.54) is 0 Å². The summed E-state index contributed by atoms with van der Waals surface area (Å²) >= 11 is 0. The Labute approximate surface area is 143 Å². The molecule has 0 aliphatic heterocycles. The zero-order valence-electron chi connectivity index (χ0n) is 14.6. The van der Waals surface area contributed by atoms with E-state index in [1.54, 1.807) is 12.3 Å². The van der Waals surface area contributed by atoms with Crippen molar-refractivity contribution in [3.05, 3.63) is 54.2 Å². The first-order chi connectivity index (χ1) is 11.5. The summed E-state index contributed by atoms with van der Waals surface area (Å²) in [6, 6.07) is 13.6. The lowest BCUT2D eigenvalue weighted by atomic mass is 9.94. The average Bonchev–Trinajstić information content (AvgIpc) is 2.66. The molecule has 0 saturated carbocycles. The first-order valence-corrected chi connectivity index (χ1v) is 8.31. The summed E-state index contributed by atoms with van der Waals surface area (Å²) in [7, 11) is 1.95. The Balaban J connectivity index is 2.02. The highest BCUT2D eigenvalue weighted by atomic mass is 16.1. The molecule has 1 amide bonds. The number of carbonyl (C=O) groups excluding carboxylic acids is 1. The topological polar surface area (TPSA) is 71.2 Å². The van der Waals surface area contributed by atoms with Crippen molar-refractivity contribution in [2.75, 3.05) is 18.5 Å². The SMILES string of the molecule is CCC(N)(CC)CNC(=O)c1ccc(N(C)c2ccccc2)nc1. The number of anilines is 2. The molecule has 0 atom stereocenters. The van der Waals surface area contributed by atoms with Gasteiger partial charge in [-0.05, 0) is 37.1 Å². The molecule has 0 unspecified atom stereocenters. The molecule has 5 heteroatoms. The van der Waals surface area contributed by atoms with Crippen molar-refractivity contribution < 1.29 is 4.79 Å². The Hall–Kier alpha value is -2.40. The molecule has 0 spiro atoms. The summed E-state index contributed by atoms with van der Waals surface area (Å²) < 4.78 is 0. The highest BCUT2D eigenvalue weighted by Gasteiger charge is 2.21. The number of para-hydroxylation sites is 1. The number of nitrogens with two attached hydrogens (primary N) is 1. The van der Waals surface area contributed by atoms with Crippen LogP contribution in [0.3, 0.4) is 0 Å². The number of carbonyl (C=O) groups is 1. The Kier molecular flexibility index (Phi) is 5.93. The number of pyridine rings is 1. The van der Waals surface area contributed by atoms with Crippen LogP contribution in [0.1, 0.15) is 37.0 Å². The number of aromatic nitrogens is 1. The van der Waals surface area contributed by atoms with Gasteiger partial charge >= 0.3 is 0 Å². The van der Waals surface area contributed by atoms with Gasteiger partial charge in [0.1, 0.15) is 5.82 Å². The largest absolute Gasteiger partial charge is 0.350 e. The molecule has 0 aliphatic carbocycles. The third kappa shape index (κ3) is 4.32. The van der Waals surface area contributed by atoms with E-state index in [4.69, 9.17) is 5.73 Å². The molecular formula is C19H26N4O. The van der Waals surface area contributed by atoms with Crippen LogP contribution >= 0.6 is 0 Å². The molecule has 1 heterocycles. The molecule has 0 radical (unpaired) electrons. The highest BCUT2D eigenvalue weighted by Crippen LogP contribution is 2.21. The maximum absolute atomic E-state index is 12.3. The number of rotatable bonds is 7. The number of benzene rings is 1. The van der Waals surface area contributed by atoms with Crippen LogP contribution in [0.2, 0.25) is 0 Å². The van der Waals surface area contributed by atoms with Crippen LogP contribution in [0, 0.1) is 0 Å². The van der Waals surface area contributed by atoms with Crippen molar-refractivity contribution in [2.24, 2.45) is 5.73 Å². The van der Waals surface area contributed by atoms with Gasteiger partial charge in [0.15, 0.2) is 0 Å². The van der Waals surface area contributed by atoms with E-state index in [0.29, 0.717) is 12.1 Å². The Bertz CT molecular complexity index is 651. The summed E-state index contributed by atoms with van der Waals surface area (Å²) in [6.07, 6.45) is 3.24. The summed E-state index contributed by atoms with van der Waals surface area (Å²) in [6.45, 7) is 4.53. The van der Waals surface area contributed by atoms with Crippen LogP contribution in [0.5, 0.6) is 0 Å². The minimum Gasteiger partial charge on any atom is -0.350 e. The van der Waals surface area contributed by atoms with Crippen LogP contribution in [0.25, 0.3) is 0 Å². The molecule has 128 valence electrons. The van der Waals surface area contributed by atoms with E-state index in [9.17, 15) is 4.79 Å². The van der Waals surface area contributed by atoms with E-state index >= 15 is 0 Å². The minimum atomic E-state index is -0.351. The van der Waals surface area contributed by atoms with Gasteiger partial charge in [-0.1, -0.05) is 32.0 Å². The van der Waals surface area contributed by atoms with Crippen LogP contribution in [-0.4, -0.2) is 30.0 Å². The monoisotopic (exact) mass is 326 g/mol. The fourth-order valence-corrected chi connectivity index (χ4v) is 2.36. The van der Waals surface area contributed by atoms with Gasteiger partial charge in [0.05, 0.1) is 5.56 Å². The summed E-state index contributed by atoms with van der Waals surface area (Å²) in [5, 5.41) is 2.90. The predicted molar refractivity (Wildman–Crippen MR) is 98.6 cm³/mol. The molecule has 2 aromatic rings. The zero-order chi connectivity index (χ0) is 17.6. The maximum atomic E-state index is 12.3. The van der Waals surface area contributed by atoms with Gasteiger partial charge in [0.2, 0.25) is 0 Å². The van der Waals surface area contributed by atoms with Gasteiger partial charge in [0.25, 0.3) is 5.91 Å². The predicted octanol–water partition coefficient (Wildman–Crippen LogP) is 3.10. The fraction of sp³-hybridized carbons (Fsp3) is 0.368. The van der Waals surface area contributed by atoms with Crippen LogP contribution < -0.4 is 16.0 Å². The lowest BCUT2D eigenvalue weighted by molar-refractivity contribution is 0.0942. The molecule has 3 N–H and O–H groups in total. The number of hydrogen-bond donors (Lipinski definition) is 2. The van der Waals surface area contributed by atoms with E-state index in [2.05, 4.69) is 10.3 Å². The number of amides is 1. The quantitative estimate of drug-likeness (QED) is 0.820. The fourth-order valence-electron chi connectivity index (χ4n) is 2.36. The van der Waals surface area contributed by atoms with Crippen LogP contribution in [0.15, 0.2) is 48.7 Å². The summed E-state index contributed by atoms with van der Waals surface area (Å²) in [4.78, 5) is 18.6. The van der Waals surface area contributed by atoms with Gasteiger partial charge in [0, 0.05) is 31.0 Å². The Morgan fingerprint density at radius 3 is 2.38 bits per heavy atom. The normalized spacial score (nSPS) is 11.2. The molecule has 0 saturated heterocycles. The molecule has 0 bridgehead atoms. The lowest BCUT2D eigenvalue weighted by Crippen LogP contribution is -2.49. The third-order valence-electron chi connectivity index (χ3n) is 4.51. The second-order valence-electron chi connectivity index (χ2n) is 6.05. The van der Waals surface area contributed by atoms with E-state index < -0.39 is 0 Å². The van der Waals surface area contributed by atoms with Crippen molar-refractivity contribution in [1.82, 2.24) is 10.3 Å². The second-order valence-corrected chi connectivity index (χ2v) is 6.05. The second kappa shape index (κ2) is 7.93. The maximum Gasteiger partial charge on any atom is 0.252 e. The molecule has 5 nitrogen and oxygen atoms in total. The Morgan fingerprint density at radius 1 is 1.17 bits per heavy atom. The van der Waals surface area contributed by atoms with Gasteiger partial charge in [-0.25, -0.2) is 4.98 Å². The Morgan fingerprint density at radius 2 is 1.83 bits per heavy atom. The number of hydrogen-bond acceptors (Lipinski definition) is 4. The van der Waals surface area contributed by atoms with E-state index in [-0.39, 0.29) is 11.4 Å². The van der Waals surface area contributed by atoms with Crippen molar-refractivity contribution in [3.63, 3.8) is 0 Å². The molecule has 24 heavy (non-hydrogen) atoms. The van der Waals surface area contributed by atoms with Crippen molar-refractivity contribution >= 4 is 17.4 Å². The molecule has 0 aliphatic rings. The first-order valence-electron chi connectivity index (χ1n) is 8.31. The lowest BCUT2D eigenvalue weighted by Gasteiger charge is -2.26. The molecule has 0 fully saturated rings. The molecule has 1 aromatic carbocycles. The standard InChI is InChI=1S/C19H26N4O/c1-4-19(20,5-2)14-22-18(24)15-11-12-17(21-13-15)23(3)16-9-7-6-8-10-16/h6-13H,4-5,14,20H2,1-3H3,(H,22,24). The number of nitrogens with one attached hydrogen (secondary N) is 1. The first kappa shape index (κ1) is 17.9. The van der Waals surface area contributed by atoms with Crippen LogP contribution in [0.4, 0.5) is 11.5 Å². The van der Waals surface area contributed by atoms with Crippen molar-refractivity contribution in [1.29, 1.82) is 0 Å². The van der Waals surface area contributed by atoms with E-state index in [0.717, 1.165) is 24.3 Å². The van der Waals surface area contributed by atoms with Gasteiger partial charge < -0.3 is 16.0 Å². The third-order valence-corrected chi connectivity index (χ3v) is 4.51. The smallest absolute Gasteiger partial charge is 0.252 e. The van der Waals surface area contributed by atoms with Gasteiger partial charge in [-0.2, -0.15) is 0 Å². The molecule has 2 rings (SSSR count). The van der Waals surface area contributed by atoms with Gasteiger partial charge in [-0.15, -0.1) is 0 Å². The average molecular weight is 326 g/mol. The summed E-state index contributed by atoms with van der Waals surface area (Å²) in [5.74, 6) is 0.640. The van der Waals surface area contributed by atoms with Gasteiger partial charge in [-0.3, -0.25) is 4.79 Å².